The Bertz CT molecular complexity index is 1200. The normalized spacial score (nSPS) is 23.2. The smallest absolute Gasteiger partial charge is 0.434 e. The molecule has 3 aliphatic rings. The lowest BCUT2D eigenvalue weighted by atomic mass is 9.61. The number of aromatic nitrogens is 2. The molecule has 2 atom stereocenters. The van der Waals surface area contributed by atoms with Gasteiger partial charge >= 0.3 is 18.2 Å². The predicted octanol–water partition coefficient (Wildman–Crippen LogP) is 3.98. The minimum absolute atomic E-state index is 0.127. The third kappa shape index (κ3) is 5.52. The monoisotopic (exact) mass is 547 g/mol. The molecule has 2 aromatic rings. The van der Waals surface area contributed by atoms with Gasteiger partial charge in [0, 0.05) is 44.3 Å². The summed E-state index contributed by atoms with van der Waals surface area (Å²) < 4.78 is 51.0. The number of rotatable bonds is 5. The summed E-state index contributed by atoms with van der Waals surface area (Å²) in [5, 5.41) is 0. The molecule has 9 nitrogen and oxygen atoms in total. The van der Waals surface area contributed by atoms with Gasteiger partial charge in [-0.2, -0.15) is 13.2 Å². The molecule has 3 heterocycles. The predicted molar refractivity (Wildman–Crippen MR) is 135 cm³/mol. The largest absolute Gasteiger partial charge is 0.465 e. The van der Waals surface area contributed by atoms with E-state index < -0.39 is 29.5 Å². The molecule has 5 rings (SSSR count). The maximum absolute atomic E-state index is 13.6. The van der Waals surface area contributed by atoms with Crippen molar-refractivity contribution in [2.75, 3.05) is 38.2 Å². The fourth-order valence-corrected chi connectivity index (χ4v) is 6.15. The van der Waals surface area contributed by atoms with Crippen LogP contribution in [0, 0.1) is 5.41 Å². The van der Waals surface area contributed by atoms with E-state index in [1.165, 1.54) is 5.56 Å². The van der Waals surface area contributed by atoms with Crippen LogP contribution in [-0.4, -0.2) is 83.3 Å². The quantitative estimate of drug-likeness (QED) is 0.520. The summed E-state index contributed by atoms with van der Waals surface area (Å²) in [6, 6.07) is 9.64. The molecule has 0 bridgehead atoms. The number of piperazine rings is 1. The summed E-state index contributed by atoms with van der Waals surface area (Å²) in [7, 11) is 0.994. The van der Waals surface area contributed by atoms with E-state index in [9.17, 15) is 22.8 Å². The molecule has 39 heavy (non-hydrogen) atoms. The highest BCUT2D eigenvalue weighted by Crippen LogP contribution is 2.50. The second-order valence-electron chi connectivity index (χ2n) is 11.0. The van der Waals surface area contributed by atoms with Crippen molar-refractivity contribution in [1.29, 1.82) is 0 Å². The molecule has 1 saturated carbocycles. The van der Waals surface area contributed by atoms with Gasteiger partial charge in [0.2, 0.25) is 5.95 Å². The fraction of sp³-hybridized carbons (Fsp3) is 0.556. The highest BCUT2D eigenvalue weighted by Gasteiger charge is 2.54. The summed E-state index contributed by atoms with van der Waals surface area (Å²) in [6.45, 7) is 6.98. The Balaban J connectivity index is 1.15. The highest BCUT2D eigenvalue weighted by atomic mass is 19.4. The van der Waals surface area contributed by atoms with Crippen LogP contribution in [0.2, 0.25) is 0 Å². The molecule has 12 heteroatoms. The zero-order valence-electron chi connectivity index (χ0n) is 22.1. The third-order valence-electron chi connectivity index (χ3n) is 7.82. The summed E-state index contributed by atoms with van der Waals surface area (Å²) in [5.74, 6) is -1.32. The highest BCUT2D eigenvalue weighted by molar-refractivity contribution is 5.90. The Kier molecular flexibility index (Phi) is 7.17. The number of methoxy groups -OCH3 is 1. The zero-order chi connectivity index (χ0) is 27.9. The van der Waals surface area contributed by atoms with Gasteiger partial charge in [0.25, 0.3) is 0 Å². The minimum Gasteiger partial charge on any atom is -0.465 e. The van der Waals surface area contributed by atoms with E-state index >= 15 is 0 Å². The van der Waals surface area contributed by atoms with E-state index in [4.69, 9.17) is 4.74 Å². The van der Waals surface area contributed by atoms with Crippen molar-refractivity contribution in [1.82, 2.24) is 19.8 Å². The summed E-state index contributed by atoms with van der Waals surface area (Å²) in [5.41, 5.74) is -0.584. The van der Waals surface area contributed by atoms with Crippen molar-refractivity contribution in [2.24, 2.45) is 5.41 Å². The van der Waals surface area contributed by atoms with Gasteiger partial charge in [-0.1, -0.05) is 30.3 Å². The molecule has 1 amide bonds. The van der Waals surface area contributed by atoms with Gasteiger partial charge in [0.1, 0.15) is 11.7 Å². The van der Waals surface area contributed by atoms with Crippen LogP contribution in [0.3, 0.4) is 0 Å². The van der Waals surface area contributed by atoms with Gasteiger partial charge < -0.3 is 14.4 Å². The molecule has 1 aromatic heterocycles. The van der Waals surface area contributed by atoms with Gasteiger partial charge in [-0.05, 0) is 32.3 Å². The maximum atomic E-state index is 13.6. The SMILES string of the molecule is COC(=O)c1cnc(N2C[C@@H](C)N(C(=O)OC3CC4(C3)CN(Cc3ccccc3)C4)[C@H](C)C2)nc1C(F)(F)F. The van der Waals surface area contributed by atoms with Gasteiger partial charge in [0.05, 0.1) is 19.2 Å². The van der Waals surface area contributed by atoms with Gasteiger partial charge in [0.15, 0.2) is 5.69 Å². The summed E-state index contributed by atoms with van der Waals surface area (Å²) in [4.78, 5) is 38.1. The Labute approximate surface area is 224 Å². The van der Waals surface area contributed by atoms with Gasteiger partial charge in [-0.3, -0.25) is 9.80 Å². The number of alkyl halides is 3. The van der Waals surface area contributed by atoms with Crippen molar-refractivity contribution >= 4 is 18.0 Å². The van der Waals surface area contributed by atoms with Crippen molar-refractivity contribution in [3.05, 3.63) is 53.3 Å². The molecule has 210 valence electrons. The topological polar surface area (TPSA) is 88.1 Å². The minimum atomic E-state index is -4.86. The lowest BCUT2D eigenvalue weighted by molar-refractivity contribution is -0.141. The third-order valence-corrected chi connectivity index (χ3v) is 7.82. The number of hydrogen-bond acceptors (Lipinski definition) is 8. The molecule has 2 saturated heterocycles. The number of benzene rings is 1. The van der Waals surface area contributed by atoms with E-state index in [0.717, 1.165) is 45.8 Å². The van der Waals surface area contributed by atoms with Gasteiger partial charge in [-0.15, -0.1) is 0 Å². The van der Waals surface area contributed by atoms with Crippen LogP contribution in [0.15, 0.2) is 36.5 Å². The Hall–Kier alpha value is -3.41. The van der Waals surface area contributed by atoms with Crippen molar-refractivity contribution in [3.8, 4) is 0 Å². The summed E-state index contributed by atoms with van der Waals surface area (Å²) in [6.07, 6.45) is -2.88. The fourth-order valence-electron chi connectivity index (χ4n) is 6.15. The van der Waals surface area contributed by atoms with Crippen molar-refractivity contribution in [3.63, 3.8) is 0 Å². The first-order valence-corrected chi connectivity index (χ1v) is 13.0. The lowest BCUT2D eigenvalue weighted by Gasteiger charge is -2.58. The summed E-state index contributed by atoms with van der Waals surface area (Å²) >= 11 is 0. The molecular weight excluding hydrogens is 515 g/mol. The molecule has 1 aliphatic carbocycles. The number of amides is 1. The average Bonchev–Trinajstić information content (AvgIpc) is 2.85. The van der Waals surface area contributed by atoms with Crippen LogP contribution in [0.5, 0.6) is 0 Å². The van der Waals surface area contributed by atoms with Crippen molar-refractivity contribution in [2.45, 2.75) is 57.6 Å². The zero-order valence-corrected chi connectivity index (χ0v) is 22.1. The number of nitrogens with zero attached hydrogens (tertiary/aromatic N) is 5. The lowest BCUT2D eigenvalue weighted by Crippen LogP contribution is -2.65. The van der Waals surface area contributed by atoms with E-state index in [1.54, 1.807) is 9.80 Å². The number of halogens is 3. The van der Waals surface area contributed by atoms with Crippen LogP contribution in [-0.2, 0) is 22.2 Å². The molecular formula is C27H32F3N5O4. The Morgan fingerprint density at radius 1 is 1.08 bits per heavy atom. The van der Waals surface area contributed by atoms with Crippen LogP contribution >= 0.6 is 0 Å². The standard InChI is InChI=1S/C27H32F3N5O4/c1-17-12-34(24-31-11-21(23(36)38-3)22(32-24)27(28,29)30)13-18(2)35(17)25(37)39-20-9-26(10-20)15-33(16-26)14-19-7-5-4-6-8-19/h4-8,11,17-18,20H,9-10,12-16H2,1-3H3/t17-,18-/m1/s1. The first kappa shape index (κ1) is 27.2. The first-order valence-electron chi connectivity index (χ1n) is 13.0. The first-order chi connectivity index (χ1) is 18.5. The Morgan fingerprint density at radius 2 is 1.72 bits per heavy atom. The van der Waals surface area contributed by atoms with Gasteiger partial charge in [-0.25, -0.2) is 19.6 Å². The number of anilines is 1. The molecule has 2 aliphatic heterocycles. The molecule has 1 aromatic carbocycles. The number of carbonyl (C=O) groups excluding carboxylic acids is 2. The number of carbonyl (C=O) groups is 2. The number of likely N-dealkylation sites (tertiary alicyclic amines) is 1. The number of ether oxygens (including phenoxy) is 2. The average molecular weight is 548 g/mol. The number of esters is 1. The number of hydrogen-bond donors (Lipinski definition) is 0. The molecule has 0 radical (unpaired) electrons. The maximum Gasteiger partial charge on any atom is 0.434 e. The molecule has 0 unspecified atom stereocenters. The molecule has 1 spiro atoms. The van der Waals surface area contributed by atoms with Crippen LogP contribution in [0.25, 0.3) is 0 Å². The van der Waals surface area contributed by atoms with E-state index in [-0.39, 0.29) is 42.6 Å². The van der Waals surface area contributed by atoms with E-state index in [2.05, 4.69) is 31.7 Å². The molecule has 3 fully saturated rings. The second kappa shape index (κ2) is 10.3. The molecule has 0 N–H and O–H groups in total. The van der Waals surface area contributed by atoms with Crippen LogP contribution in [0.4, 0.5) is 23.9 Å². The van der Waals surface area contributed by atoms with E-state index in [1.807, 2.05) is 32.0 Å². The second-order valence-corrected chi connectivity index (χ2v) is 11.0. The Morgan fingerprint density at radius 3 is 2.31 bits per heavy atom. The van der Waals surface area contributed by atoms with Crippen LogP contribution in [0.1, 0.15) is 48.3 Å². The van der Waals surface area contributed by atoms with E-state index in [0.29, 0.717) is 0 Å². The van der Waals surface area contributed by atoms with Crippen LogP contribution < -0.4 is 4.90 Å². The van der Waals surface area contributed by atoms with Crippen molar-refractivity contribution < 1.29 is 32.2 Å².